The second kappa shape index (κ2) is 4.30. The number of carbonyl (C=O) groups excluding carboxylic acids is 1. The first-order valence-electron chi connectivity index (χ1n) is 6.05. The van der Waals surface area contributed by atoms with Gasteiger partial charge in [0, 0.05) is 5.56 Å². The molecule has 0 aliphatic heterocycles. The molecule has 2 heteroatoms. The number of hydrogen-bond acceptors (Lipinski definition) is 2. The Morgan fingerprint density at radius 3 is 2.61 bits per heavy atom. The maximum atomic E-state index is 12.4. The van der Waals surface area contributed by atoms with Crippen molar-refractivity contribution in [2.24, 2.45) is 0 Å². The van der Waals surface area contributed by atoms with Crippen molar-refractivity contribution in [3.8, 4) is 5.75 Å². The number of Topliss-reactive ketones (excluding diaryl/α,β-unsaturated/α-hetero) is 1. The first kappa shape index (κ1) is 11.0. The number of hydrogen-bond donors (Lipinski definition) is 0. The average molecular weight is 238 g/mol. The molecule has 1 aliphatic rings. The van der Waals surface area contributed by atoms with Crippen molar-refractivity contribution in [1.82, 2.24) is 0 Å². The van der Waals surface area contributed by atoms with Crippen molar-refractivity contribution < 1.29 is 9.53 Å². The third-order valence-corrected chi connectivity index (χ3v) is 3.52. The summed E-state index contributed by atoms with van der Waals surface area (Å²) in [5.41, 5.74) is 3.02. The number of ketones is 1. The smallest absolute Gasteiger partial charge is 0.170 e. The predicted molar refractivity (Wildman–Crippen MR) is 70.2 cm³/mol. The third-order valence-electron chi connectivity index (χ3n) is 3.52. The van der Waals surface area contributed by atoms with Gasteiger partial charge < -0.3 is 4.74 Å². The van der Waals surface area contributed by atoms with Crippen molar-refractivity contribution in [1.29, 1.82) is 0 Å². The highest BCUT2D eigenvalue weighted by Crippen LogP contribution is 2.35. The molecule has 0 saturated heterocycles. The van der Waals surface area contributed by atoms with Gasteiger partial charge in [0.25, 0.3) is 0 Å². The molecule has 90 valence electrons. The Bertz CT molecular complexity index is 587. The zero-order valence-corrected chi connectivity index (χ0v) is 10.2. The van der Waals surface area contributed by atoms with Gasteiger partial charge in [-0.05, 0) is 35.7 Å². The van der Waals surface area contributed by atoms with Crippen LogP contribution >= 0.6 is 0 Å². The van der Waals surface area contributed by atoms with Crippen LogP contribution in [0.4, 0.5) is 0 Å². The highest BCUT2D eigenvalue weighted by molar-refractivity contribution is 6.05. The van der Waals surface area contributed by atoms with Crippen LogP contribution in [0.2, 0.25) is 0 Å². The summed E-state index contributed by atoms with van der Waals surface area (Å²) in [5.74, 6) is 1.00. The molecule has 0 spiro atoms. The van der Waals surface area contributed by atoms with Gasteiger partial charge in [0.15, 0.2) is 5.78 Å². The van der Waals surface area contributed by atoms with Crippen molar-refractivity contribution in [2.75, 3.05) is 7.11 Å². The summed E-state index contributed by atoms with van der Waals surface area (Å²) in [6.07, 6.45) is 0.773. The number of fused-ring (bicyclic) bond motifs is 1. The van der Waals surface area contributed by atoms with Gasteiger partial charge in [0.05, 0.1) is 13.0 Å². The molecule has 1 unspecified atom stereocenters. The van der Waals surface area contributed by atoms with E-state index in [1.54, 1.807) is 7.11 Å². The largest absolute Gasteiger partial charge is 0.497 e. The second-order valence-electron chi connectivity index (χ2n) is 4.55. The fourth-order valence-electron chi connectivity index (χ4n) is 2.56. The molecule has 0 fully saturated rings. The summed E-state index contributed by atoms with van der Waals surface area (Å²) < 4.78 is 5.20. The molecule has 0 radical (unpaired) electrons. The highest BCUT2D eigenvalue weighted by Gasteiger charge is 2.31. The fourth-order valence-corrected chi connectivity index (χ4v) is 2.56. The van der Waals surface area contributed by atoms with E-state index in [4.69, 9.17) is 4.74 Å². The van der Waals surface area contributed by atoms with E-state index < -0.39 is 0 Å². The minimum Gasteiger partial charge on any atom is -0.497 e. The molecule has 0 bridgehead atoms. The Morgan fingerprint density at radius 2 is 1.89 bits per heavy atom. The van der Waals surface area contributed by atoms with Gasteiger partial charge in [0.2, 0.25) is 0 Å². The van der Waals surface area contributed by atoms with E-state index in [1.165, 1.54) is 0 Å². The van der Waals surface area contributed by atoms with Crippen LogP contribution < -0.4 is 4.74 Å². The maximum Gasteiger partial charge on any atom is 0.170 e. The molecule has 0 amide bonds. The van der Waals surface area contributed by atoms with Crippen LogP contribution in [-0.4, -0.2) is 12.9 Å². The van der Waals surface area contributed by atoms with Crippen LogP contribution in [0, 0.1) is 0 Å². The molecule has 1 aliphatic carbocycles. The minimum atomic E-state index is -0.0340. The summed E-state index contributed by atoms with van der Waals surface area (Å²) in [4.78, 5) is 12.4. The van der Waals surface area contributed by atoms with E-state index in [2.05, 4.69) is 0 Å². The van der Waals surface area contributed by atoms with Crippen molar-refractivity contribution in [3.05, 3.63) is 65.2 Å². The average Bonchev–Trinajstić information content (AvgIpc) is 2.76. The molecular weight excluding hydrogens is 224 g/mol. The van der Waals surface area contributed by atoms with E-state index in [9.17, 15) is 4.79 Å². The van der Waals surface area contributed by atoms with Gasteiger partial charge in [-0.3, -0.25) is 4.79 Å². The Kier molecular flexibility index (Phi) is 2.63. The Hall–Kier alpha value is -2.09. The Labute approximate surface area is 106 Å². The lowest BCUT2D eigenvalue weighted by molar-refractivity contribution is 0.0973. The molecule has 0 saturated carbocycles. The van der Waals surface area contributed by atoms with Crippen molar-refractivity contribution in [3.63, 3.8) is 0 Å². The normalized spacial score (nSPS) is 17.6. The molecular formula is C16H14O2. The van der Waals surface area contributed by atoms with Crippen molar-refractivity contribution in [2.45, 2.75) is 12.3 Å². The van der Waals surface area contributed by atoms with Gasteiger partial charge in [-0.15, -0.1) is 0 Å². The fraction of sp³-hybridized carbons (Fsp3) is 0.188. The first-order valence-corrected chi connectivity index (χ1v) is 6.05. The Balaban J connectivity index is 1.99. The zero-order valence-electron chi connectivity index (χ0n) is 10.2. The van der Waals surface area contributed by atoms with Crippen LogP contribution in [-0.2, 0) is 6.42 Å². The molecule has 1 atom stereocenters. The standard InChI is InChI=1S/C16H14O2/c1-18-13-7-8-14-12(9-13)10-15(16(14)17)11-5-3-2-4-6-11/h2-9,15H,10H2,1H3. The molecule has 0 N–H and O–H groups in total. The summed E-state index contributed by atoms with van der Waals surface area (Å²) in [7, 11) is 1.65. The van der Waals surface area contributed by atoms with Crippen LogP contribution in [0.15, 0.2) is 48.5 Å². The van der Waals surface area contributed by atoms with E-state index in [0.717, 1.165) is 28.9 Å². The summed E-state index contributed by atoms with van der Waals surface area (Å²) in [6.45, 7) is 0. The lowest BCUT2D eigenvalue weighted by atomic mass is 9.95. The molecule has 3 rings (SSSR count). The summed E-state index contributed by atoms with van der Waals surface area (Å²) in [5, 5.41) is 0. The van der Waals surface area contributed by atoms with Gasteiger partial charge in [-0.25, -0.2) is 0 Å². The number of benzene rings is 2. The van der Waals surface area contributed by atoms with Gasteiger partial charge in [-0.1, -0.05) is 30.3 Å². The third kappa shape index (κ3) is 1.70. The van der Waals surface area contributed by atoms with Crippen LogP contribution in [0.5, 0.6) is 5.75 Å². The molecule has 2 nitrogen and oxygen atoms in total. The monoisotopic (exact) mass is 238 g/mol. The van der Waals surface area contributed by atoms with Crippen LogP contribution in [0.1, 0.15) is 27.4 Å². The first-order chi connectivity index (χ1) is 8.79. The molecule has 0 heterocycles. The highest BCUT2D eigenvalue weighted by atomic mass is 16.5. The molecule has 0 aromatic heterocycles. The van der Waals surface area contributed by atoms with Crippen LogP contribution in [0.25, 0.3) is 0 Å². The van der Waals surface area contributed by atoms with E-state index in [0.29, 0.717) is 0 Å². The summed E-state index contributed by atoms with van der Waals surface area (Å²) in [6, 6.07) is 15.7. The maximum absolute atomic E-state index is 12.4. The van der Waals surface area contributed by atoms with Gasteiger partial charge >= 0.3 is 0 Å². The quantitative estimate of drug-likeness (QED) is 0.803. The number of methoxy groups -OCH3 is 1. The number of carbonyl (C=O) groups is 1. The topological polar surface area (TPSA) is 26.3 Å². The number of rotatable bonds is 2. The lowest BCUT2D eigenvalue weighted by Crippen LogP contribution is -2.06. The molecule has 2 aromatic carbocycles. The minimum absolute atomic E-state index is 0.0340. The van der Waals surface area contributed by atoms with E-state index >= 15 is 0 Å². The van der Waals surface area contributed by atoms with E-state index in [-0.39, 0.29) is 11.7 Å². The lowest BCUT2D eigenvalue weighted by Gasteiger charge is -2.07. The molecule has 2 aromatic rings. The Morgan fingerprint density at radius 1 is 1.11 bits per heavy atom. The van der Waals surface area contributed by atoms with Crippen molar-refractivity contribution >= 4 is 5.78 Å². The van der Waals surface area contributed by atoms with E-state index in [1.807, 2.05) is 48.5 Å². The van der Waals surface area contributed by atoms with Gasteiger partial charge in [-0.2, -0.15) is 0 Å². The molecule has 18 heavy (non-hydrogen) atoms. The number of ether oxygens (including phenoxy) is 1. The SMILES string of the molecule is COc1ccc2c(c1)CC(c1ccccc1)C2=O. The second-order valence-corrected chi connectivity index (χ2v) is 4.55. The van der Waals surface area contributed by atoms with Gasteiger partial charge in [0.1, 0.15) is 5.75 Å². The summed E-state index contributed by atoms with van der Waals surface area (Å²) >= 11 is 0. The zero-order chi connectivity index (χ0) is 12.5. The van der Waals surface area contributed by atoms with Crippen LogP contribution in [0.3, 0.4) is 0 Å². The predicted octanol–water partition coefficient (Wildman–Crippen LogP) is 3.22.